The van der Waals surface area contributed by atoms with Crippen LogP contribution in [0.2, 0.25) is 0 Å². The van der Waals surface area contributed by atoms with Crippen molar-refractivity contribution in [1.29, 1.82) is 0 Å². The molecule has 7 atom stereocenters. The highest BCUT2D eigenvalue weighted by Crippen LogP contribution is 2.55. The van der Waals surface area contributed by atoms with Gasteiger partial charge < -0.3 is 10.4 Å². The summed E-state index contributed by atoms with van der Waals surface area (Å²) in [4.78, 5) is 40.0. The molecule has 2 N–H and O–H groups in total. The van der Waals surface area contributed by atoms with Crippen LogP contribution in [0, 0.1) is 29.1 Å². The van der Waals surface area contributed by atoms with E-state index in [-0.39, 0.29) is 41.3 Å². The molecular weight excluding hydrogens is 414 g/mol. The molecule has 1 fully saturated rings. The maximum Gasteiger partial charge on any atom is 0.231 e. The molecule has 5 nitrogen and oxygen atoms in total. The minimum atomic E-state index is -1.34. The van der Waals surface area contributed by atoms with Crippen molar-refractivity contribution in [3.8, 4) is 0 Å². The lowest BCUT2D eigenvalue weighted by molar-refractivity contribution is -0.144. The minimum absolute atomic E-state index is 0.0802. The van der Waals surface area contributed by atoms with Gasteiger partial charge in [-0.05, 0) is 37.8 Å². The summed E-state index contributed by atoms with van der Waals surface area (Å²) in [6, 6.07) is 9.69. The van der Waals surface area contributed by atoms with Crippen LogP contribution >= 0.6 is 0 Å². The summed E-state index contributed by atoms with van der Waals surface area (Å²) in [7, 11) is 0. The van der Waals surface area contributed by atoms with Crippen LogP contribution in [0.25, 0.3) is 0 Å². The first-order valence-electron chi connectivity index (χ1n) is 11.8. The van der Waals surface area contributed by atoms with Gasteiger partial charge in [0.1, 0.15) is 11.2 Å². The highest BCUT2D eigenvalue weighted by Gasteiger charge is 2.66. The van der Waals surface area contributed by atoms with E-state index in [1.54, 1.807) is 18.2 Å². The number of nitrogens with one attached hydrogen (secondary N) is 1. The summed E-state index contributed by atoms with van der Waals surface area (Å²) in [5.74, 6) is -2.07. The van der Waals surface area contributed by atoms with Crippen molar-refractivity contribution >= 4 is 17.5 Å². The smallest absolute Gasteiger partial charge is 0.231 e. The first kappa shape index (κ1) is 23.4. The van der Waals surface area contributed by atoms with Crippen molar-refractivity contribution in [3.05, 3.63) is 71.3 Å². The van der Waals surface area contributed by atoms with E-state index in [0.29, 0.717) is 18.4 Å². The summed E-state index contributed by atoms with van der Waals surface area (Å²) < 4.78 is 0. The van der Waals surface area contributed by atoms with Crippen LogP contribution < -0.4 is 5.32 Å². The van der Waals surface area contributed by atoms with Crippen molar-refractivity contribution in [2.24, 2.45) is 29.1 Å². The SMILES string of the molecule is CC1=C(C)[C@H]2[C@@H](Cc3ccccc3)NC(=O)C23[C@H](O)/C=C/[C@H](C)C(=O)[C@@H](C)C/C=C/[C@H]3C1=O. The van der Waals surface area contributed by atoms with Crippen molar-refractivity contribution in [3.63, 3.8) is 0 Å². The molecule has 1 heterocycles. The molecule has 0 aromatic heterocycles. The topological polar surface area (TPSA) is 83.5 Å². The maximum absolute atomic E-state index is 13.8. The molecule has 3 aliphatic rings. The van der Waals surface area contributed by atoms with Gasteiger partial charge in [0.05, 0.1) is 12.0 Å². The number of carbonyl (C=O) groups excluding carboxylic acids is 3. The first-order valence-corrected chi connectivity index (χ1v) is 11.8. The van der Waals surface area contributed by atoms with Gasteiger partial charge in [0.2, 0.25) is 5.91 Å². The van der Waals surface area contributed by atoms with Crippen LogP contribution in [0.15, 0.2) is 65.8 Å². The maximum atomic E-state index is 13.8. The minimum Gasteiger partial charge on any atom is -0.388 e. The average Bonchev–Trinajstić information content (AvgIpc) is 3.09. The predicted molar refractivity (Wildman–Crippen MR) is 127 cm³/mol. The van der Waals surface area contributed by atoms with E-state index in [9.17, 15) is 19.5 Å². The molecule has 1 unspecified atom stereocenters. The number of Topliss-reactive ketones (excluding diaryl/α,β-unsaturated/α-hetero) is 2. The third kappa shape index (κ3) is 3.72. The van der Waals surface area contributed by atoms with Crippen LogP contribution in [0.3, 0.4) is 0 Å². The summed E-state index contributed by atoms with van der Waals surface area (Å²) in [6.07, 6.45) is 6.78. The van der Waals surface area contributed by atoms with Gasteiger partial charge in [0.15, 0.2) is 5.78 Å². The number of benzene rings is 1. The summed E-state index contributed by atoms with van der Waals surface area (Å²) in [6.45, 7) is 7.41. The van der Waals surface area contributed by atoms with Crippen LogP contribution in [-0.4, -0.2) is 34.7 Å². The monoisotopic (exact) mass is 447 g/mol. The Labute approximate surface area is 195 Å². The van der Waals surface area contributed by atoms with Crippen molar-refractivity contribution in [2.75, 3.05) is 0 Å². The summed E-state index contributed by atoms with van der Waals surface area (Å²) in [5.41, 5.74) is 1.25. The Morgan fingerprint density at radius 3 is 2.42 bits per heavy atom. The van der Waals surface area contributed by atoms with Gasteiger partial charge in [-0.1, -0.05) is 74.1 Å². The molecule has 2 aliphatic carbocycles. The van der Waals surface area contributed by atoms with Gasteiger partial charge in [-0.2, -0.15) is 0 Å². The fraction of sp³-hybridized carbons (Fsp3) is 0.464. The number of ketones is 2. The average molecular weight is 448 g/mol. The number of rotatable bonds is 2. The Morgan fingerprint density at radius 1 is 1.03 bits per heavy atom. The van der Waals surface area contributed by atoms with Gasteiger partial charge in [-0.3, -0.25) is 14.4 Å². The third-order valence-electron chi connectivity index (χ3n) is 7.97. The first-order chi connectivity index (χ1) is 15.7. The number of allylic oxidation sites excluding steroid dienone is 4. The molecule has 1 saturated heterocycles. The Morgan fingerprint density at radius 2 is 1.73 bits per heavy atom. The van der Waals surface area contributed by atoms with Crippen LogP contribution in [0.1, 0.15) is 39.7 Å². The van der Waals surface area contributed by atoms with Crippen molar-refractivity contribution in [2.45, 2.75) is 52.7 Å². The molecule has 1 spiro atoms. The van der Waals surface area contributed by atoms with E-state index >= 15 is 0 Å². The van der Waals surface area contributed by atoms with Gasteiger partial charge in [-0.15, -0.1) is 0 Å². The highest BCUT2D eigenvalue weighted by atomic mass is 16.3. The summed E-state index contributed by atoms with van der Waals surface area (Å²) >= 11 is 0. The second-order valence-corrected chi connectivity index (χ2v) is 9.92. The summed E-state index contributed by atoms with van der Waals surface area (Å²) in [5, 5.41) is 14.7. The molecule has 4 rings (SSSR count). The fourth-order valence-corrected chi connectivity index (χ4v) is 6.02. The highest BCUT2D eigenvalue weighted by molar-refractivity contribution is 6.06. The van der Waals surface area contributed by atoms with E-state index in [1.807, 2.05) is 64.1 Å². The molecule has 5 heteroatoms. The normalized spacial score (nSPS) is 38.8. The van der Waals surface area contributed by atoms with E-state index < -0.39 is 17.4 Å². The number of aliphatic hydroxyl groups excluding tert-OH is 1. The third-order valence-corrected chi connectivity index (χ3v) is 7.97. The molecule has 0 bridgehead atoms. The molecule has 0 radical (unpaired) electrons. The van der Waals surface area contributed by atoms with Crippen LogP contribution in [-0.2, 0) is 20.8 Å². The Kier molecular flexibility index (Phi) is 6.28. The number of amides is 1. The van der Waals surface area contributed by atoms with Crippen LogP contribution in [0.5, 0.6) is 0 Å². The van der Waals surface area contributed by atoms with E-state index in [1.165, 1.54) is 0 Å². The lowest BCUT2D eigenvalue weighted by Crippen LogP contribution is -2.55. The Hall–Kier alpha value is -2.79. The second kappa shape index (κ2) is 8.86. The Bertz CT molecular complexity index is 1050. The molecular formula is C28H33NO4. The molecule has 1 aromatic carbocycles. The predicted octanol–water partition coefficient (Wildman–Crippen LogP) is 3.58. The van der Waals surface area contributed by atoms with E-state index in [4.69, 9.17) is 0 Å². The number of aliphatic hydroxyl groups is 1. The lowest BCUT2D eigenvalue weighted by atomic mass is 9.55. The zero-order chi connectivity index (χ0) is 23.9. The molecule has 33 heavy (non-hydrogen) atoms. The molecule has 1 amide bonds. The molecule has 174 valence electrons. The van der Waals surface area contributed by atoms with Gasteiger partial charge in [0, 0.05) is 23.8 Å². The van der Waals surface area contributed by atoms with Gasteiger partial charge in [0.25, 0.3) is 0 Å². The van der Waals surface area contributed by atoms with Gasteiger partial charge >= 0.3 is 0 Å². The standard InChI is InChI=1S/C28H33NO4/c1-16-9-8-12-21-26(32)19(4)18(3)24-22(15-20-10-6-5-7-11-20)29-27(33)28(21,24)23(30)14-13-17(2)25(16)31/h5-8,10-14,16-17,21-24,30H,9,15H2,1-4H3,(H,29,33)/b12-8+,14-13+/t16-,17-,21-,22+,23+,24-,28?/m0/s1. The second-order valence-electron chi connectivity index (χ2n) is 9.92. The van der Waals surface area contributed by atoms with Crippen molar-refractivity contribution in [1.82, 2.24) is 5.32 Å². The fourth-order valence-electron chi connectivity index (χ4n) is 6.02. The number of hydrogen-bond acceptors (Lipinski definition) is 4. The largest absolute Gasteiger partial charge is 0.388 e. The quantitative estimate of drug-likeness (QED) is 0.679. The zero-order valence-electron chi connectivity index (χ0n) is 19.7. The Balaban J connectivity index is 1.88. The van der Waals surface area contributed by atoms with E-state index in [0.717, 1.165) is 11.1 Å². The van der Waals surface area contributed by atoms with Gasteiger partial charge in [-0.25, -0.2) is 0 Å². The molecule has 1 aliphatic heterocycles. The van der Waals surface area contributed by atoms with Crippen molar-refractivity contribution < 1.29 is 19.5 Å². The number of carbonyl (C=O) groups is 3. The molecule has 1 aromatic rings. The molecule has 0 saturated carbocycles. The lowest BCUT2D eigenvalue weighted by Gasteiger charge is -2.45. The zero-order valence-corrected chi connectivity index (χ0v) is 19.7. The number of hydrogen-bond donors (Lipinski definition) is 2. The van der Waals surface area contributed by atoms with Crippen LogP contribution in [0.4, 0.5) is 0 Å². The van der Waals surface area contributed by atoms with E-state index in [2.05, 4.69) is 5.32 Å².